The predicted molar refractivity (Wildman–Crippen MR) is 57.3 cm³/mol. The van der Waals surface area contributed by atoms with Gasteiger partial charge in [0, 0.05) is 24.3 Å². The number of rotatable bonds is 1. The zero-order valence-corrected chi connectivity index (χ0v) is 9.38. The fourth-order valence-corrected chi connectivity index (χ4v) is 2.28. The van der Waals surface area contributed by atoms with Crippen LogP contribution in [0.1, 0.15) is 30.3 Å². The summed E-state index contributed by atoms with van der Waals surface area (Å²) in [7, 11) is 2.19. The van der Waals surface area contributed by atoms with Crippen molar-refractivity contribution in [3.8, 4) is 0 Å². The molecule has 0 aliphatic carbocycles. The maximum absolute atomic E-state index is 4.58. The SMILES string of the molecule is CCn1nc(C)c2c1CCCN(C)C2. The Bertz CT molecular complexity index is 328. The molecule has 0 unspecified atom stereocenters. The Balaban J connectivity index is 2.40. The summed E-state index contributed by atoms with van der Waals surface area (Å²) < 4.78 is 2.17. The Labute approximate surface area is 85.7 Å². The van der Waals surface area contributed by atoms with Crippen molar-refractivity contribution in [1.82, 2.24) is 14.7 Å². The van der Waals surface area contributed by atoms with Crippen LogP contribution in [0.15, 0.2) is 0 Å². The molecule has 0 amide bonds. The lowest BCUT2D eigenvalue weighted by atomic mass is 10.1. The number of aryl methyl sites for hydroxylation is 2. The minimum absolute atomic E-state index is 1.000. The van der Waals surface area contributed by atoms with Crippen LogP contribution in [-0.2, 0) is 19.5 Å². The standard InChI is InChI=1S/C11H19N3/c1-4-14-11-6-5-7-13(3)8-10(11)9(2)12-14/h4-8H2,1-3H3. The smallest absolute Gasteiger partial charge is 0.0641 e. The first kappa shape index (κ1) is 9.71. The Kier molecular flexibility index (Phi) is 2.59. The zero-order chi connectivity index (χ0) is 10.1. The molecule has 0 aromatic carbocycles. The lowest BCUT2D eigenvalue weighted by Gasteiger charge is -2.12. The van der Waals surface area contributed by atoms with Gasteiger partial charge in [-0.2, -0.15) is 5.10 Å². The van der Waals surface area contributed by atoms with E-state index in [1.54, 1.807) is 0 Å². The predicted octanol–water partition coefficient (Wildman–Crippen LogP) is 1.59. The molecule has 0 saturated carbocycles. The Morgan fingerprint density at radius 2 is 2.21 bits per heavy atom. The molecule has 2 heterocycles. The van der Waals surface area contributed by atoms with Crippen LogP contribution >= 0.6 is 0 Å². The second-order valence-corrected chi connectivity index (χ2v) is 4.17. The molecule has 0 fully saturated rings. The summed E-state index contributed by atoms with van der Waals surface area (Å²) in [5.41, 5.74) is 4.15. The topological polar surface area (TPSA) is 21.1 Å². The number of hydrogen-bond acceptors (Lipinski definition) is 2. The molecule has 14 heavy (non-hydrogen) atoms. The van der Waals surface area contributed by atoms with Gasteiger partial charge in [0.05, 0.1) is 5.69 Å². The molecule has 0 saturated heterocycles. The molecule has 0 atom stereocenters. The van der Waals surface area contributed by atoms with E-state index >= 15 is 0 Å². The van der Waals surface area contributed by atoms with Gasteiger partial charge in [-0.1, -0.05) is 0 Å². The fourth-order valence-electron chi connectivity index (χ4n) is 2.28. The van der Waals surface area contributed by atoms with E-state index in [0.29, 0.717) is 0 Å². The van der Waals surface area contributed by atoms with E-state index in [2.05, 4.69) is 35.6 Å². The lowest BCUT2D eigenvalue weighted by Crippen LogP contribution is -2.17. The molecular weight excluding hydrogens is 174 g/mol. The van der Waals surface area contributed by atoms with Crippen molar-refractivity contribution >= 4 is 0 Å². The largest absolute Gasteiger partial charge is 0.302 e. The fraction of sp³-hybridized carbons (Fsp3) is 0.727. The van der Waals surface area contributed by atoms with E-state index in [1.165, 1.54) is 36.3 Å². The average molecular weight is 193 g/mol. The molecule has 1 aliphatic rings. The molecule has 78 valence electrons. The van der Waals surface area contributed by atoms with E-state index in [-0.39, 0.29) is 0 Å². The summed E-state index contributed by atoms with van der Waals surface area (Å²) >= 11 is 0. The highest BCUT2D eigenvalue weighted by molar-refractivity contribution is 5.26. The lowest BCUT2D eigenvalue weighted by molar-refractivity contribution is 0.331. The van der Waals surface area contributed by atoms with Crippen molar-refractivity contribution in [1.29, 1.82) is 0 Å². The second kappa shape index (κ2) is 3.73. The minimum atomic E-state index is 1.000. The van der Waals surface area contributed by atoms with Gasteiger partial charge in [-0.3, -0.25) is 4.68 Å². The minimum Gasteiger partial charge on any atom is -0.302 e. The van der Waals surface area contributed by atoms with Gasteiger partial charge in [0.2, 0.25) is 0 Å². The first-order chi connectivity index (χ1) is 6.72. The van der Waals surface area contributed by atoms with Gasteiger partial charge >= 0.3 is 0 Å². The number of hydrogen-bond donors (Lipinski definition) is 0. The van der Waals surface area contributed by atoms with Crippen LogP contribution in [0.4, 0.5) is 0 Å². The van der Waals surface area contributed by atoms with Gasteiger partial charge < -0.3 is 4.90 Å². The van der Waals surface area contributed by atoms with Crippen LogP contribution in [0.5, 0.6) is 0 Å². The van der Waals surface area contributed by atoms with Gasteiger partial charge in [-0.25, -0.2) is 0 Å². The first-order valence-corrected chi connectivity index (χ1v) is 5.46. The van der Waals surface area contributed by atoms with E-state index in [1.807, 2.05) is 0 Å². The maximum Gasteiger partial charge on any atom is 0.0641 e. The molecule has 1 aliphatic heterocycles. The third kappa shape index (κ3) is 1.57. The summed E-state index contributed by atoms with van der Waals surface area (Å²) in [6.45, 7) is 7.57. The quantitative estimate of drug-likeness (QED) is 0.675. The highest BCUT2D eigenvalue weighted by Gasteiger charge is 2.18. The average Bonchev–Trinajstić information content (AvgIpc) is 2.36. The van der Waals surface area contributed by atoms with Crippen LogP contribution in [-0.4, -0.2) is 28.3 Å². The van der Waals surface area contributed by atoms with Crippen molar-refractivity contribution < 1.29 is 0 Å². The molecule has 0 bridgehead atoms. The number of fused-ring (bicyclic) bond motifs is 1. The molecular formula is C11H19N3. The summed E-state index contributed by atoms with van der Waals surface area (Å²) in [5.74, 6) is 0. The van der Waals surface area contributed by atoms with Gasteiger partial charge in [0.25, 0.3) is 0 Å². The van der Waals surface area contributed by atoms with Crippen molar-refractivity contribution in [2.24, 2.45) is 0 Å². The van der Waals surface area contributed by atoms with Crippen LogP contribution in [0.25, 0.3) is 0 Å². The molecule has 3 heteroatoms. The number of nitrogens with zero attached hydrogens (tertiary/aromatic N) is 3. The maximum atomic E-state index is 4.58. The zero-order valence-electron chi connectivity index (χ0n) is 9.38. The van der Waals surface area contributed by atoms with Crippen molar-refractivity contribution in [2.75, 3.05) is 13.6 Å². The Morgan fingerprint density at radius 1 is 1.43 bits per heavy atom. The van der Waals surface area contributed by atoms with Crippen LogP contribution in [0, 0.1) is 6.92 Å². The van der Waals surface area contributed by atoms with Crippen molar-refractivity contribution in [3.63, 3.8) is 0 Å². The molecule has 3 nitrogen and oxygen atoms in total. The molecule has 0 radical (unpaired) electrons. The first-order valence-electron chi connectivity index (χ1n) is 5.46. The molecule has 1 aromatic heterocycles. The van der Waals surface area contributed by atoms with E-state index < -0.39 is 0 Å². The summed E-state index contributed by atoms with van der Waals surface area (Å²) in [5, 5.41) is 4.58. The monoisotopic (exact) mass is 193 g/mol. The van der Waals surface area contributed by atoms with Gasteiger partial charge in [-0.05, 0) is 40.3 Å². The Hall–Kier alpha value is -0.830. The second-order valence-electron chi connectivity index (χ2n) is 4.17. The van der Waals surface area contributed by atoms with E-state index in [0.717, 1.165) is 13.1 Å². The Morgan fingerprint density at radius 3 is 2.93 bits per heavy atom. The van der Waals surface area contributed by atoms with Gasteiger partial charge in [-0.15, -0.1) is 0 Å². The third-order valence-corrected chi connectivity index (χ3v) is 3.05. The van der Waals surface area contributed by atoms with E-state index in [4.69, 9.17) is 0 Å². The highest BCUT2D eigenvalue weighted by atomic mass is 15.3. The van der Waals surface area contributed by atoms with Crippen molar-refractivity contribution in [3.05, 3.63) is 17.0 Å². The van der Waals surface area contributed by atoms with Crippen LogP contribution < -0.4 is 0 Å². The van der Waals surface area contributed by atoms with E-state index in [9.17, 15) is 0 Å². The molecule has 0 spiro atoms. The molecule has 0 N–H and O–H groups in total. The normalized spacial score (nSPS) is 17.9. The highest BCUT2D eigenvalue weighted by Crippen LogP contribution is 2.20. The molecule has 1 aromatic rings. The van der Waals surface area contributed by atoms with Crippen LogP contribution in [0.2, 0.25) is 0 Å². The van der Waals surface area contributed by atoms with Crippen molar-refractivity contribution in [2.45, 2.75) is 39.8 Å². The summed E-state index contributed by atoms with van der Waals surface area (Å²) in [6, 6.07) is 0. The number of aromatic nitrogens is 2. The summed E-state index contributed by atoms with van der Waals surface area (Å²) in [4.78, 5) is 2.39. The summed E-state index contributed by atoms with van der Waals surface area (Å²) in [6.07, 6.45) is 2.45. The third-order valence-electron chi connectivity index (χ3n) is 3.05. The van der Waals surface area contributed by atoms with Gasteiger partial charge in [0.1, 0.15) is 0 Å². The molecule has 2 rings (SSSR count). The van der Waals surface area contributed by atoms with Crippen LogP contribution in [0.3, 0.4) is 0 Å². The van der Waals surface area contributed by atoms with Gasteiger partial charge in [0.15, 0.2) is 0 Å².